The summed E-state index contributed by atoms with van der Waals surface area (Å²) in [7, 11) is 0. The first-order chi connectivity index (χ1) is 4.74. The third-order valence-electron chi connectivity index (χ3n) is 1.26. The van der Waals surface area contributed by atoms with Crippen LogP contribution in [0, 0.1) is 6.92 Å². The summed E-state index contributed by atoms with van der Waals surface area (Å²) in [5.74, 6) is 0. The molecule has 0 radical (unpaired) electrons. The van der Waals surface area contributed by atoms with Gasteiger partial charge >= 0.3 is 0 Å². The average Bonchev–Trinajstić information content (AvgIpc) is 1.88. The lowest BCUT2D eigenvalue weighted by molar-refractivity contribution is 1.30. The molecule has 0 heterocycles. The minimum absolute atomic E-state index is 0.760. The predicted octanol–water partition coefficient (Wildman–Crippen LogP) is 2.61. The van der Waals surface area contributed by atoms with Crippen LogP contribution in [0.1, 0.15) is 5.56 Å². The number of benzene rings is 1. The highest BCUT2D eigenvalue weighted by Crippen LogP contribution is 2.20. The largest absolute Gasteiger partial charge is 0.274 e. The van der Waals surface area contributed by atoms with Gasteiger partial charge in [-0.1, -0.05) is 11.6 Å². The molecule has 1 nitrogen and oxygen atoms in total. The van der Waals surface area contributed by atoms with Crippen LogP contribution in [-0.4, -0.2) is 0 Å². The molecule has 0 amide bonds. The lowest BCUT2D eigenvalue weighted by atomic mass is 10.2. The molecule has 0 saturated carbocycles. The van der Waals surface area contributed by atoms with E-state index in [0.717, 1.165) is 15.5 Å². The van der Waals surface area contributed by atoms with E-state index in [0.29, 0.717) is 0 Å². The zero-order valence-corrected chi connectivity index (χ0v) is 7.17. The number of nitrogens with two attached hydrogens (primary N) is 1. The first-order valence-corrected chi connectivity index (χ1v) is 4.12. The molecule has 0 aliphatic heterocycles. The van der Waals surface area contributed by atoms with Gasteiger partial charge in [0.05, 0.1) is 0 Å². The van der Waals surface area contributed by atoms with Crippen molar-refractivity contribution >= 4 is 23.5 Å². The van der Waals surface area contributed by atoms with Crippen LogP contribution in [0.3, 0.4) is 0 Å². The zero-order valence-electron chi connectivity index (χ0n) is 5.60. The Hall–Kier alpha value is -0.180. The molecule has 2 N–H and O–H groups in total. The van der Waals surface area contributed by atoms with Crippen LogP contribution in [0.2, 0.25) is 5.02 Å². The number of hydrogen-bond donors (Lipinski definition) is 1. The topological polar surface area (TPSA) is 26.0 Å². The fraction of sp³-hybridized carbons (Fsp3) is 0.143. The van der Waals surface area contributed by atoms with Crippen LogP contribution >= 0.6 is 23.5 Å². The quantitative estimate of drug-likeness (QED) is 0.661. The number of hydrogen-bond acceptors (Lipinski definition) is 2. The van der Waals surface area contributed by atoms with Crippen molar-refractivity contribution in [3.05, 3.63) is 28.8 Å². The molecule has 3 heteroatoms. The number of aryl methyl sites for hydroxylation is 1. The maximum Gasteiger partial charge on any atom is 0.0409 e. The summed E-state index contributed by atoms with van der Waals surface area (Å²) in [6, 6.07) is 5.66. The smallest absolute Gasteiger partial charge is 0.0409 e. The second-order valence-corrected chi connectivity index (χ2v) is 3.14. The van der Waals surface area contributed by atoms with Crippen molar-refractivity contribution in [1.29, 1.82) is 0 Å². The lowest BCUT2D eigenvalue weighted by Crippen LogP contribution is -1.83. The van der Waals surface area contributed by atoms with Crippen molar-refractivity contribution in [1.82, 2.24) is 0 Å². The monoisotopic (exact) mass is 173 g/mol. The number of rotatable bonds is 1. The van der Waals surface area contributed by atoms with Crippen molar-refractivity contribution in [2.24, 2.45) is 5.14 Å². The van der Waals surface area contributed by atoms with Gasteiger partial charge in [0.15, 0.2) is 0 Å². The molecule has 0 spiro atoms. The first-order valence-electron chi connectivity index (χ1n) is 2.87. The van der Waals surface area contributed by atoms with Gasteiger partial charge in [-0.3, -0.25) is 5.14 Å². The third kappa shape index (κ3) is 1.66. The van der Waals surface area contributed by atoms with Gasteiger partial charge in [0, 0.05) is 9.92 Å². The maximum atomic E-state index is 5.72. The molecule has 0 fully saturated rings. The molecule has 1 rings (SSSR count). The highest BCUT2D eigenvalue weighted by atomic mass is 35.5. The average molecular weight is 174 g/mol. The first kappa shape index (κ1) is 7.92. The Morgan fingerprint density at radius 3 is 2.70 bits per heavy atom. The summed E-state index contributed by atoms with van der Waals surface area (Å²) in [6.45, 7) is 1.99. The number of halogens is 1. The summed E-state index contributed by atoms with van der Waals surface area (Å²) in [4.78, 5) is 1.07. The van der Waals surface area contributed by atoms with E-state index < -0.39 is 0 Å². The molecule has 0 aliphatic rings. The van der Waals surface area contributed by atoms with Gasteiger partial charge in [-0.15, -0.1) is 0 Å². The van der Waals surface area contributed by atoms with E-state index in [-0.39, 0.29) is 0 Å². The summed E-state index contributed by atoms with van der Waals surface area (Å²) in [6.07, 6.45) is 0. The third-order valence-corrected chi connectivity index (χ3v) is 2.21. The van der Waals surface area contributed by atoms with E-state index >= 15 is 0 Å². The summed E-state index contributed by atoms with van der Waals surface area (Å²) >= 11 is 6.97. The highest BCUT2D eigenvalue weighted by Gasteiger charge is 1.95. The van der Waals surface area contributed by atoms with Gasteiger partial charge in [-0.05, 0) is 42.6 Å². The summed E-state index contributed by atoms with van der Waals surface area (Å²) in [5, 5.41) is 6.13. The minimum atomic E-state index is 0.760. The molecule has 10 heavy (non-hydrogen) atoms. The summed E-state index contributed by atoms with van der Waals surface area (Å²) < 4.78 is 0. The SMILES string of the molecule is Cc1cc(Cl)ccc1SN. The van der Waals surface area contributed by atoms with Crippen LogP contribution in [-0.2, 0) is 0 Å². The predicted molar refractivity (Wildman–Crippen MR) is 46.2 cm³/mol. The minimum Gasteiger partial charge on any atom is -0.274 e. The van der Waals surface area contributed by atoms with Gasteiger partial charge in [0.1, 0.15) is 0 Å². The standard InChI is InChI=1S/C7H8ClNS/c1-5-4-6(8)2-3-7(5)10-9/h2-4H,9H2,1H3. The Morgan fingerprint density at radius 1 is 1.50 bits per heavy atom. The molecule has 1 aromatic rings. The van der Waals surface area contributed by atoms with Crippen LogP contribution in [0.5, 0.6) is 0 Å². The fourth-order valence-corrected chi connectivity index (χ4v) is 1.36. The van der Waals surface area contributed by atoms with Crippen LogP contribution in [0.25, 0.3) is 0 Å². The van der Waals surface area contributed by atoms with Crippen LogP contribution < -0.4 is 5.14 Å². The Kier molecular flexibility index (Phi) is 2.60. The Balaban J connectivity index is 3.07. The van der Waals surface area contributed by atoms with E-state index in [9.17, 15) is 0 Å². The molecule has 0 saturated heterocycles. The van der Waals surface area contributed by atoms with E-state index in [4.69, 9.17) is 16.7 Å². The Bertz CT molecular complexity index is 237. The van der Waals surface area contributed by atoms with Crippen LogP contribution in [0.4, 0.5) is 0 Å². The molecule has 0 aromatic heterocycles. The van der Waals surface area contributed by atoms with Crippen LogP contribution in [0.15, 0.2) is 23.1 Å². The van der Waals surface area contributed by atoms with Crippen molar-refractivity contribution in [3.63, 3.8) is 0 Å². The zero-order chi connectivity index (χ0) is 7.56. The van der Waals surface area contributed by atoms with E-state index in [1.807, 2.05) is 25.1 Å². The normalized spacial score (nSPS) is 9.90. The molecule has 0 bridgehead atoms. The summed E-state index contributed by atoms with van der Waals surface area (Å²) in [5.41, 5.74) is 1.13. The molecule has 1 aromatic carbocycles. The second kappa shape index (κ2) is 3.28. The van der Waals surface area contributed by atoms with Crippen molar-refractivity contribution in [3.8, 4) is 0 Å². The van der Waals surface area contributed by atoms with Gasteiger partial charge in [0.2, 0.25) is 0 Å². The Morgan fingerprint density at radius 2 is 2.20 bits per heavy atom. The van der Waals surface area contributed by atoms with E-state index in [1.165, 1.54) is 11.9 Å². The van der Waals surface area contributed by atoms with Gasteiger partial charge in [-0.25, -0.2) is 0 Å². The van der Waals surface area contributed by atoms with Gasteiger partial charge in [0.25, 0.3) is 0 Å². The van der Waals surface area contributed by atoms with Crippen molar-refractivity contribution < 1.29 is 0 Å². The van der Waals surface area contributed by atoms with Gasteiger partial charge in [-0.2, -0.15) is 0 Å². The van der Waals surface area contributed by atoms with E-state index in [2.05, 4.69) is 0 Å². The molecule has 0 atom stereocenters. The van der Waals surface area contributed by atoms with Gasteiger partial charge < -0.3 is 0 Å². The molecule has 54 valence electrons. The lowest BCUT2D eigenvalue weighted by Gasteiger charge is -1.99. The second-order valence-electron chi connectivity index (χ2n) is 2.03. The van der Waals surface area contributed by atoms with E-state index in [1.54, 1.807) is 0 Å². The van der Waals surface area contributed by atoms with Crippen molar-refractivity contribution in [2.75, 3.05) is 0 Å². The molecular weight excluding hydrogens is 166 g/mol. The maximum absolute atomic E-state index is 5.72. The Labute approximate surface area is 69.7 Å². The highest BCUT2D eigenvalue weighted by molar-refractivity contribution is 7.97. The molecular formula is C7H8ClNS. The van der Waals surface area contributed by atoms with Crippen molar-refractivity contribution in [2.45, 2.75) is 11.8 Å². The fourth-order valence-electron chi connectivity index (χ4n) is 0.745. The molecule has 0 aliphatic carbocycles. The molecule has 0 unspecified atom stereocenters.